The monoisotopic (exact) mass is 244 g/mol. The van der Waals surface area contributed by atoms with Gasteiger partial charge in [0.15, 0.2) is 0 Å². The summed E-state index contributed by atoms with van der Waals surface area (Å²) in [6.45, 7) is 5.72. The Kier molecular flexibility index (Phi) is 3.55. The minimum Gasteiger partial charge on any atom is -0.384 e. The molecule has 0 atom stereocenters. The van der Waals surface area contributed by atoms with Crippen LogP contribution in [0.2, 0.25) is 0 Å². The van der Waals surface area contributed by atoms with Crippen LogP contribution in [0, 0.1) is 0 Å². The van der Waals surface area contributed by atoms with E-state index in [1.807, 2.05) is 0 Å². The van der Waals surface area contributed by atoms with Crippen molar-refractivity contribution in [2.75, 3.05) is 18.4 Å². The van der Waals surface area contributed by atoms with Crippen LogP contribution in [0.25, 0.3) is 0 Å². The highest BCUT2D eigenvalue weighted by molar-refractivity contribution is 5.56. The third-order valence-corrected chi connectivity index (χ3v) is 4.51. The number of anilines is 1. The molecular formula is C16H24N2. The highest BCUT2D eigenvalue weighted by atomic mass is 15.1. The number of nitrogens with zero attached hydrogens (tertiary/aromatic N) is 1. The molecule has 18 heavy (non-hydrogen) atoms. The van der Waals surface area contributed by atoms with E-state index in [9.17, 15) is 0 Å². The first-order valence-corrected chi connectivity index (χ1v) is 7.46. The Bertz CT molecular complexity index is 408. The molecule has 2 heteroatoms. The largest absolute Gasteiger partial charge is 0.384 e. The maximum atomic E-state index is 3.44. The van der Waals surface area contributed by atoms with Crippen LogP contribution in [0.1, 0.15) is 43.7 Å². The molecule has 1 heterocycles. The van der Waals surface area contributed by atoms with Gasteiger partial charge in [-0.15, -0.1) is 0 Å². The van der Waals surface area contributed by atoms with Crippen molar-refractivity contribution in [1.29, 1.82) is 0 Å². The van der Waals surface area contributed by atoms with Gasteiger partial charge in [0.25, 0.3) is 0 Å². The van der Waals surface area contributed by atoms with E-state index in [4.69, 9.17) is 0 Å². The summed E-state index contributed by atoms with van der Waals surface area (Å²) in [5.74, 6) is 0. The van der Waals surface area contributed by atoms with Crippen molar-refractivity contribution in [3.05, 3.63) is 29.3 Å². The maximum absolute atomic E-state index is 3.44. The van der Waals surface area contributed by atoms with Crippen LogP contribution in [0.5, 0.6) is 0 Å². The van der Waals surface area contributed by atoms with Crippen LogP contribution < -0.4 is 5.32 Å². The molecule has 1 aromatic carbocycles. The zero-order valence-corrected chi connectivity index (χ0v) is 11.4. The van der Waals surface area contributed by atoms with Crippen LogP contribution in [0.15, 0.2) is 18.2 Å². The second-order valence-electron chi connectivity index (χ2n) is 5.67. The first kappa shape index (κ1) is 12.0. The number of benzene rings is 1. The summed E-state index contributed by atoms with van der Waals surface area (Å²) in [6, 6.07) is 7.81. The number of hydrogen-bond acceptors (Lipinski definition) is 2. The molecule has 2 nitrogen and oxygen atoms in total. The third kappa shape index (κ3) is 2.39. The summed E-state index contributed by atoms with van der Waals surface area (Å²) in [7, 11) is 0. The van der Waals surface area contributed by atoms with Crippen molar-refractivity contribution in [2.45, 2.75) is 51.6 Å². The van der Waals surface area contributed by atoms with Crippen molar-refractivity contribution in [3.63, 3.8) is 0 Å². The average molecular weight is 244 g/mol. The molecule has 0 bridgehead atoms. The smallest absolute Gasteiger partial charge is 0.0373 e. The van der Waals surface area contributed by atoms with E-state index in [-0.39, 0.29) is 0 Å². The van der Waals surface area contributed by atoms with E-state index < -0.39 is 0 Å². The second-order valence-corrected chi connectivity index (χ2v) is 5.67. The molecule has 1 N–H and O–H groups in total. The first-order valence-electron chi connectivity index (χ1n) is 7.46. The predicted molar refractivity (Wildman–Crippen MR) is 77.0 cm³/mol. The van der Waals surface area contributed by atoms with Crippen LogP contribution in [0.4, 0.5) is 5.69 Å². The van der Waals surface area contributed by atoms with Gasteiger partial charge in [0, 0.05) is 24.8 Å². The zero-order chi connectivity index (χ0) is 12.4. The Labute approximate surface area is 110 Å². The maximum Gasteiger partial charge on any atom is 0.0373 e. The molecule has 1 aliphatic heterocycles. The highest BCUT2D eigenvalue weighted by Gasteiger charge is 2.21. The lowest BCUT2D eigenvalue weighted by atomic mass is 10.1. The van der Waals surface area contributed by atoms with E-state index >= 15 is 0 Å². The molecule has 1 aliphatic carbocycles. The number of fused-ring (bicyclic) bond motifs is 1. The molecule has 98 valence electrons. The van der Waals surface area contributed by atoms with Gasteiger partial charge >= 0.3 is 0 Å². The quantitative estimate of drug-likeness (QED) is 0.873. The van der Waals surface area contributed by atoms with Gasteiger partial charge in [0.05, 0.1) is 0 Å². The Hall–Kier alpha value is -1.02. The van der Waals surface area contributed by atoms with Crippen molar-refractivity contribution in [2.24, 2.45) is 0 Å². The molecular weight excluding hydrogens is 220 g/mol. The minimum atomic E-state index is 0.835. The Balaban J connectivity index is 1.70. The van der Waals surface area contributed by atoms with E-state index in [0.717, 1.165) is 19.1 Å². The normalized spacial score (nSPS) is 19.2. The summed E-state index contributed by atoms with van der Waals surface area (Å²) >= 11 is 0. The van der Waals surface area contributed by atoms with Crippen LogP contribution in [-0.2, 0) is 13.0 Å². The molecule has 2 aliphatic rings. The fraction of sp³-hybridized carbons (Fsp3) is 0.625. The molecule has 1 saturated carbocycles. The van der Waals surface area contributed by atoms with Gasteiger partial charge in [-0.05, 0) is 43.0 Å². The van der Waals surface area contributed by atoms with E-state index in [0.29, 0.717) is 0 Å². The van der Waals surface area contributed by atoms with E-state index in [1.54, 1.807) is 0 Å². The Morgan fingerprint density at radius 2 is 2.11 bits per heavy atom. The van der Waals surface area contributed by atoms with Gasteiger partial charge in [-0.3, -0.25) is 4.90 Å². The topological polar surface area (TPSA) is 15.3 Å². The lowest BCUT2D eigenvalue weighted by Gasteiger charge is -2.27. The minimum absolute atomic E-state index is 0.835. The van der Waals surface area contributed by atoms with E-state index in [1.165, 1.54) is 55.5 Å². The van der Waals surface area contributed by atoms with Gasteiger partial charge in [-0.2, -0.15) is 0 Å². The van der Waals surface area contributed by atoms with Gasteiger partial charge < -0.3 is 5.32 Å². The predicted octanol–water partition coefficient (Wildman–Crippen LogP) is 3.42. The second kappa shape index (κ2) is 5.31. The van der Waals surface area contributed by atoms with Gasteiger partial charge in [0.2, 0.25) is 0 Å². The summed E-state index contributed by atoms with van der Waals surface area (Å²) in [6.07, 6.45) is 6.85. The van der Waals surface area contributed by atoms with Crippen molar-refractivity contribution in [1.82, 2.24) is 4.90 Å². The SMILES string of the molecule is CCN(Cc1ccc2c(c1)CCN2)C1CCCC1. The summed E-state index contributed by atoms with van der Waals surface area (Å²) in [4.78, 5) is 2.66. The standard InChI is InChI=1S/C16H24N2/c1-2-18(15-5-3-4-6-15)12-13-7-8-16-14(11-13)9-10-17-16/h7-8,11,15,17H,2-6,9-10,12H2,1H3. The van der Waals surface area contributed by atoms with Gasteiger partial charge in [-0.25, -0.2) is 0 Å². The average Bonchev–Trinajstić information content (AvgIpc) is 3.06. The molecule has 0 spiro atoms. The molecule has 0 unspecified atom stereocenters. The lowest BCUT2D eigenvalue weighted by Crippen LogP contribution is -2.32. The van der Waals surface area contributed by atoms with Gasteiger partial charge in [-0.1, -0.05) is 31.9 Å². The van der Waals surface area contributed by atoms with Crippen molar-refractivity contribution < 1.29 is 0 Å². The molecule has 0 aromatic heterocycles. The van der Waals surface area contributed by atoms with Crippen LogP contribution in [0.3, 0.4) is 0 Å². The Morgan fingerprint density at radius 1 is 1.28 bits per heavy atom. The molecule has 1 fully saturated rings. The number of hydrogen-bond donors (Lipinski definition) is 1. The highest BCUT2D eigenvalue weighted by Crippen LogP contribution is 2.27. The van der Waals surface area contributed by atoms with Crippen LogP contribution in [-0.4, -0.2) is 24.0 Å². The summed E-state index contributed by atoms with van der Waals surface area (Å²) < 4.78 is 0. The molecule has 0 radical (unpaired) electrons. The lowest BCUT2D eigenvalue weighted by molar-refractivity contribution is 0.200. The van der Waals surface area contributed by atoms with E-state index in [2.05, 4.69) is 35.3 Å². The molecule has 0 saturated heterocycles. The summed E-state index contributed by atoms with van der Waals surface area (Å²) in [5, 5.41) is 3.44. The number of rotatable bonds is 4. The summed E-state index contributed by atoms with van der Waals surface area (Å²) in [5.41, 5.74) is 4.35. The number of nitrogens with one attached hydrogen (secondary N) is 1. The fourth-order valence-electron chi connectivity index (χ4n) is 3.46. The zero-order valence-electron chi connectivity index (χ0n) is 11.4. The Morgan fingerprint density at radius 3 is 2.89 bits per heavy atom. The van der Waals surface area contributed by atoms with Gasteiger partial charge in [0.1, 0.15) is 0 Å². The van der Waals surface area contributed by atoms with Crippen molar-refractivity contribution in [3.8, 4) is 0 Å². The fourth-order valence-corrected chi connectivity index (χ4v) is 3.46. The van der Waals surface area contributed by atoms with Crippen LogP contribution >= 0.6 is 0 Å². The van der Waals surface area contributed by atoms with Crippen molar-refractivity contribution >= 4 is 5.69 Å². The molecule has 0 amide bonds. The first-order chi connectivity index (χ1) is 8.86. The third-order valence-electron chi connectivity index (χ3n) is 4.51. The molecule has 1 aromatic rings. The molecule has 3 rings (SSSR count).